The number of carbonyl (C=O) groups excluding carboxylic acids is 1. The lowest BCUT2D eigenvalue weighted by atomic mass is 9.81. The SMILES string of the molecule is CN(Cc1cccc(Br)c1)CC1(C=O)CCCCCC1. The molecule has 0 radical (unpaired) electrons. The van der Waals surface area contributed by atoms with Crippen molar-refractivity contribution in [3.05, 3.63) is 34.3 Å². The van der Waals surface area contributed by atoms with Crippen LogP contribution in [0.3, 0.4) is 0 Å². The normalized spacial score (nSPS) is 18.8. The van der Waals surface area contributed by atoms with E-state index in [2.05, 4.69) is 46.1 Å². The van der Waals surface area contributed by atoms with Crippen molar-refractivity contribution in [3.63, 3.8) is 0 Å². The van der Waals surface area contributed by atoms with Gasteiger partial charge in [0.15, 0.2) is 0 Å². The molecule has 110 valence electrons. The average molecular weight is 338 g/mol. The number of rotatable bonds is 5. The highest BCUT2D eigenvalue weighted by Crippen LogP contribution is 2.34. The Kier molecular flexibility index (Phi) is 5.79. The maximum atomic E-state index is 11.6. The second kappa shape index (κ2) is 7.37. The molecule has 0 N–H and O–H groups in total. The van der Waals surface area contributed by atoms with Gasteiger partial charge in [-0.05, 0) is 37.6 Å². The van der Waals surface area contributed by atoms with Crippen molar-refractivity contribution in [3.8, 4) is 0 Å². The molecular formula is C17H24BrNO. The van der Waals surface area contributed by atoms with Gasteiger partial charge < -0.3 is 9.69 Å². The van der Waals surface area contributed by atoms with Crippen LogP contribution in [0.2, 0.25) is 0 Å². The molecule has 3 heteroatoms. The molecular weight excluding hydrogens is 314 g/mol. The average Bonchev–Trinajstić information content (AvgIpc) is 2.65. The zero-order valence-corrected chi connectivity index (χ0v) is 13.9. The maximum absolute atomic E-state index is 11.6. The Bertz CT molecular complexity index is 438. The van der Waals surface area contributed by atoms with E-state index in [1.54, 1.807) is 0 Å². The first kappa shape index (κ1) is 15.7. The van der Waals surface area contributed by atoms with Crippen molar-refractivity contribution >= 4 is 22.2 Å². The zero-order chi connectivity index (χ0) is 14.4. The molecule has 0 unspecified atom stereocenters. The van der Waals surface area contributed by atoms with Crippen molar-refractivity contribution in [1.82, 2.24) is 4.90 Å². The van der Waals surface area contributed by atoms with E-state index in [0.717, 1.165) is 30.4 Å². The quantitative estimate of drug-likeness (QED) is 0.585. The monoisotopic (exact) mass is 337 g/mol. The van der Waals surface area contributed by atoms with Gasteiger partial charge in [0.05, 0.1) is 0 Å². The summed E-state index contributed by atoms with van der Waals surface area (Å²) in [5.74, 6) is 0. The van der Waals surface area contributed by atoms with E-state index < -0.39 is 0 Å². The van der Waals surface area contributed by atoms with E-state index in [-0.39, 0.29) is 5.41 Å². The highest BCUT2D eigenvalue weighted by atomic mass is 79.9. The van der Waals surface area contributed by atoms with Crippen LogP contribution in [-0.2, 0) is 11.3 Å². The highest BCUT2D eigenvalue weighted by Gasteiger charge is 2.31. The largest absolute Gasteiger partial charge is 0.303 e. The first-order valence-electron chi connectivity index (χ1n) is 7.53. The number of hydrogen-bond acceptors (Lipinski definition) is 2. The molecule has 0 spiro atoms. The van der Waals surface area contributed by atoms with Crippen molar-refractivity contribution < 1.29 is 4.79 Å². The molecule has 0 aliphatic heterocycles. The van der Waals surface area contributed by atoms with E-state index in [1.165, 1.54) is 37.5 Å². The van der Waals surface area contributed by atoms with Gasteiger partial charge in [0.25, 0.3) is 0 Å². The van der Waals surface area contributed by atoms with Crippen LogP contribution in [0.4, 0.5) is 0 Å². The summed E-state index contributed by atoms with van der Waals surface area (Å²) in [5, 5.41) is 0. The lowest BCUT2D eigenvalue weighted by molar-refractivity contribution is -0.118. The van der Waals surface area contributed by atoms with Crippen molar-refractivity contribution in [1.29, 1.82) is 0 Å². The molecule has 1 fully saturated rings. The van der Waals surface area contributed by atoms with Crippen LogP contribution in [0.15, 0.2) is 28.7 Å². The third kappa shape index (κ3) is 4.42. The third-order valence-electron chi connectivity index (χ3n) is 4.28. The van der Waals surface area contributed by atoms with Crippen LogP contribution >= 0.6 is 15.9 Å². The Morgan fingerprint density at radius 1 is 1.25 bits per heavy atom. The van der Waals surface area contributed by atoms with Crippen molar-refractivity contribution in [2.75, 3.05) is 13.6 Å². The Labute approximate surface area is 130 Å². The number of halogens is 1. The Balaban J connectivity index is 1.98. The zero-order valence-electron chi connectivity index (χ0n) is 12.3. The van der Waals surface area contributed by atoms with Gasteiger partial charge >= 0.3 is 0 Å². The van der Waals surface area contributed by atoms with Gasteiger partial charge in [-0.2, -0.15) is 0 Å². The second-order valence-corrected chi connectivity index (χ2v) is 7.11. The second-order valence-electron chi connectivity index (χ2n) is 6.20. The summed E-state index contributed by atoms with van der Waals surface area (Å²) in [4.78, 5) is 13.9. The number of carbonyl (C=O) groups is 1. The van der Waals surface area contributed by atoms with Gasteiger partial charge in [-0.25, -0.2) is 0 Å². The summed E-state index contributed by atoms with van der Waals surface area (Å²) in [6.07, 6.45) is 8.30. The Morgan fingerprint density at radius 3 is 2.55 bits per heavy atom. The molecule has 1 aromatic carbocycles. The van der Waals surface area contributed by atoms with Gasteiger partial charge in [-0.3, -0.25) is 0 Å². The summed E-state index contributed by atoms with van der Waals surface area (Å²) in [5.41, 5.74) is 1.17. The molecule has 1 aliphatic rings. The molecule has 0 aromatic heterocycles. The fraction of sp³-hybridized carbons (Fsp3) is 0.588. The predicted molar refractivity (Wildman–Crippen MR) is 86.7 cm³/mol. The van der Waals surface area contributed by atoms with E-state index in [4.69, 9.17) is 0 Å². The topological polar surface area (TPSA) is 20.3 Å². The summed E-state index contributed by atoms with van der Waals surface area (Å²) in [7, 11) is 2.12. The van der Waals surface area contributed by atoms with Crippen LogP contribution in [0.25, 0.3) is 0 Å². The van der Waals surface area contributed by atoms with E-state index >= 15 is 0 Å². The van der Waals surface area contributed by atoms with E-state index in [1.807, 2.05) is 6.07 Å². The molecule has 1 aliphatic carbocycles. The van der Waals surface area contributed by atoms with E-state index in [0.29, 0.717) is 0 Å². The van der Waals surface area contributed by atoms with Crippen LogP contribution in [0.1, 0.15) is 44.1 Å². The lowest BCUT2D eigenvalue weighted by Crippen LogP contribution is -2.36. The molecule has 0 amide bonds. The number of benzene rings is 1. The van der Waals surface area contributed by atoms with Gasteiger partial charge in [-0.15, -0.1) is 0 Å². The van der Waals surface area contributed by atoms with E-state index in [9.17, 15) is 4.79 Å². The summed E-state index contributed by atoms with van der Waals surface area (Å²) in [6, 6.07) is 8.40. The molecule has 2 nitrogen and oxygen atoms in total. The van der Waals surface area contributed by atoms with Crippen molar-refractivity contribution in [2.45, 2.75) is 45.1 Å². The van der Waals surface area contributed by atoms with Crippen LogP contribution in [-0.4, -0.2) is 24.8 Å². The van der Waals surface area contributed by atoms with Gasteiger partial charge in [0.2, 0.25) is 0 Å². The lowest BCUT2D eigenvalue weighted by Gasteiger charge is -2.31. The fourth-order valence-electron chi connectivity index (χ4n) is 3.29. The Hall–Kier alpha value is -0.670. The molecule has 0 atom stereocenters. The molecule has 0 saturated heterocycles. The van der Waals surface area contributed by atoms with Crippen molar-refractivity contribution in [2.24, 2.45) is 5.41 Å². The standard InChI is InChI=1S/C17H24BrNO/c1-19(12-15-7-6-8-16(18)11-15)13-17(14-20)9-4-2-3-5-10-17/h6-8,11,14H,2-5,9-10,12-13H2,1H3. The van der Waals surface area contributed by atoms with Gasteiger partial charge in [0.1, 0.15) is 6.29 Å². The smallest absolute Gasteiger partial charge is 0.127 e. The summed E-state index contributed by atoms with van der Waals surface area (Å²) in [6.45, 7) is 1.78. The van der Waals surface area contributed by atoms with Crippen LogP contribution in [0.5, 0.6) is 0 Å². The number of nitrogens with zero attached hydrogens (tertiary/aromatic N) is 1. The highest BCUT2D eigenvalue weighted by molar-refractivity contribution is 9.10. The third-order valence-corrected chi connectivity index (χ3v) is 4.77. The number of aldehydes is 1. The van der Waals surface area contributed by atoms with Gasteiger partial charge in [0, 0.05) is 23.0 Å². The first-order valence-corrected chi connectivity index (χ1v) is 8.32. The van der Waals surface area contributed by atoms with Crippen LogP contribution < -0.4 is 0 Å². The molecule has 20 heavy (non-hydrogen) atoms. The van der Waals surface area contributed by atoms with Gasteiger partial charge in [-0.1, -0.05) is 53.7 Å². The molecule has 2 rings (SSSR count). The fourth-order valence-corrected chi connectivity index (χ4v) is 3.73. The summed E-state index contributed by atoms with van der Waals surface area (Å²) < 4.78 is 1.11. The predicted octanol–water partition coefficient (Wildman–Crippen LogP) is 4.42. The molecule has 1 saturated carbocycles. The maximum Gasteiger partial charge on any atom is 0.127 e. The number of hydrogen-bond donors (Lipinski definition) is 0. The van der Waals surface area contributed by atoms with Crippen LogP contribution in [0, 0.1) is 5.41 Å². The minimum Gasteiger partial charge on any atom is -0.303 e. The molecule has 0 heterocycles. The summed E-state index contributed by atoms with van der Waals surface area (Å²) >= 11 is 3.51. The molecule has 1 aromatic rings. The molecule has 0 bridgehead atoms. The minimum absolute atomic E-state index is 0.114. The Morgan fingerprint density at radius 2 is 1.95 bits per heavy atom. The minimum atomic E-state index is -0.114. The first-order chi connectivity index (χ1) is 9.63.